The third-order valence-corrected chi connectivity index (χ3v) is 4.55. The van der Waals surface area contributed by atoms with Gasteiger partial charge in [-0.25, -0.2) is 4.39 Å². The van der Waals surface area contributed by atoms with E-state index >= 15 is 0 Å². The second kappa shape index (κ2) is 4.11. The topological polar surface area (TPSA) is 26.0 Å². The van der Waals surface area contributed by atoms with Gasteiger partial charge < -0.3 is 5.73 Å². The van der Waals surface area contributed by atoms with Crippen LogP contribution in [0.5, 0.6) is 0 Å². The summed E-state index contributed by atoms with van der Waals surface area (Å²) in [7, 11) is 0. The standard InChI is InChI=1S/C13H17BrFN/c1-8-6-10(14)12(15)11(9(8)2)13(7-16)4-3-5-13/h6H,3-5,7,16H2,1-2H3. The first-order chi connectivity index (χ1) is 7.52. The molecule has 0 amide bonds. The Kier molecular flexibility index (Phi) is 3.10. The first-order valence-corrected chi connectivity index (χ1v) is 6.47. The third kappa shape index (κ3) is 1.61. The van der Waals surface area contributed by atoms with E-state index in [1.807, 2.05) is 19.9 Å². The van der Waals surface area contributed by atoms with Crippen molar-refractivity contribution in [3.63, 3.8) is 0 Å². The maximum absolute atomic E-state index is 14.2. The van der Waals surface area contributed by atoms with Crippen LogP contribution in [-0.4, -0.2) is 6.54 Å². The molecule has 0 heterocycles. The summed E-state index contributed by atoms with van der Waals surface area (Å²) in [6, 6.07) is 1.84. The van der Waals surface area contributed by atoms with Crippen LogP contribution in [0, 0.1) is 19.7 Å². The largest absolute Gasteiger partial charge is 0.330 e. The van der Waals surface area contributed by atoms with Gasteiger partial charge in [-0.05, 0) is 65.4 Å². The minimum Gasteiger partial charge on any atom is -0.330 e. The molecule has 1 fully saturated rings. The number of rotatable bonds is 2. The predicted molar refractivity (Wildman–Crippen MR) is 68.2 cm³/mol. The molecule has 0 atom stereocenters. The van der Waals surface area contributed by atoms with Gasteiger partial charge >= 0.3 is 0 Å². The lowest BCUT2D eigenvalue weighted by Gasteiger charge is -2.43. The molecule has 3 heteroatoms. The SMILES string of the molecule is Cc1cc(Br)c(F)c(C2(CN)CCC2)c1C. The van der Waals surface area contributed by atoms with Gasteiger partial charge in [-0.3, -0.25) is 0 Å². The van der Waals surface area contributed by atoms with Crippen molar-refractivity contribution in [2.75, 3.05) is 6.54 Å². The van der Waals surface area contributed by atoms with Crippen molar-refractivity contribution in [2.45, 2.75) is 38.5 Å². The summed E-state index contributed by atoms with van der Waals surface area (Å²) >= 11 is 3.29. The molecule has 2 rings (SSSR count). The van der Waals surface area contributed by atoms with E-state index in [1.165, 1.54) is 0 Å². The fourth-order valence-corrected chi connectivity index (χ4v) is 3.17. The monoisotopic (exact) mass is 285 g/mol. The molecule has 88 valence electrons. The number of nitrogens with two attached hydrogens (primary N) is 1. The second-order valence-electron chi connectivity index (χ2n) is 4.83. The van der Waals surface area contributed by atoms with Crippen LogP contribution in [-0.2, 0) is 5.41 Å². The van der Waals surface area contributed by atoms with Crippen LogP contribution in [0.2, 0.25) is 0 Å². The van der Waals surface area contributed by atoms with Crippen LogP contribution >= 0.6 is 15.9 Å². The summed E-state index contributed by atoms with van der Waals surface area (Å²) < 4.78 is 14.8. The van der Waals surface area contributed by atoms with Gasteiger partial charge in [-0.2, -0.15) is 0 Å². The van der Waals surface area contributed by atoms with Crippen molar-refractivity contribution in [3.8, 4) is 0 Å². The minimum atomic E-state index is -0.117. The summed E-state index contributed by atoms with van der Waals surface area (Å²) in [6.07, 6.45) is 3.18. The molecule has 0 radical (unpaired) electrons. The van der Waals surface area contributed by atoms with Gasteiger partial charge in [-0.15, -0.1) is 0 Å². The first kappa shape index (κ1) is 12.1. The normalized spacial score (nSPS) is 18.3. The van der Waals surface area contributed by atoms with E-state index < -0.39 is 0 Å². The average molecular weight is 286 g/mol. The fraction of sp³-hybridized carbons (Fsp3) is 0.538. The molecule has 0 bridgehead atoms. The molecule has 1 aromatic carbocycles. The highest BCUT2D eigenvalue weighted by atomic mass is 79.9. The van der Waals surface area contributed by atoms with Gasteiger partial charge in [0.15, 0.2) is 0 Å². The molecule has 1 saturated carbocycles. The number of aryl methyl sites for hydroxylation is 1. The maximum atomic E-state index is 14.2. The molecule has 1 aliphatic carbocycles. The van der Waals surface area contributed by atoms with Gasteiger partial charge in [0.25, 0.3) is 0 Å². The smallest absolute Gasteiger partial charge is 0.141 e. The van der Waals surface area contributed by atoms with Gasteiger partial charge in [0, 0.05) is 12.0 Å². The predicted octanol–water partition coefficient (Wildman–Crippen LogP) is 3.59. The average Bonchev–Trinajstić information content (AvgIpc) is 2.19. The number of hydrogen-bond donors (Lipinski definition) is 1. The van der Waals surface area contributed by atoms with Crippen LogP contribution < -0.4 is 5.73 Å². The minimum absolute atomic E-state index is 0.108. The number of halogens is 2. The zero-order chi connectivity index (χ0) is 11.9. The Morgan fingerprint density at radius 2 is 2.06 bits per heavy atom. The van der Waals surface area contributed by atoms with Crippen molar-refractivity contribution in [3.05, 3.63) is 33.0 Å². The lowest BCUT2D eigenvalue weighted by atomic mass is 9.63. The summed E-state index contributed by atoms with van der Waals surface area (Å²) in [6.45, 7) is 4.56. The molecule has 0 unspecified atom stereocenters. The van der Waals surface area contributed by atoms with E-state index in [9.17, 15) is 4.39 Å². The molecule has 0 saturated heterocycles. The summed E-state index contributed by atoms with van der Waals surface area (Å²) in [5.41, 5.74) is 8.78. The molecule has 2 N–H and O–H groups in total. The van der Waals surface area contributed by atoms with Crippen molar-refractivity contribution >= 4 is 15.9 Å². The Bertz CT molecular complexity index is 393. The van der Waals surface area contributed by atoms with E-state index in [2.05, 4.69) is 15.9 Å². The molecular weight excluding hydrogens is 269 g/mol. The summed E-state index contributed by atoms with van der Waals surface area (Å²) in [4.78, 5) is 0. The quantitative estimate of drug-likeness (QED) is 0.883. The molecule has 1 aromatic rings. The summed E-state index contributed by atoms with van der Waals surface area (Å²) in [5.74, 6) is -0.117. The lowest BCUT2D eigenvalue weighted by molar-refractivity contribution is 0.243. The molecule has 1 nitrogen and oxygen atoms in total. The van der Waals surface area contributed by atoms with Crippen LogP contribution in [0.25, 0.3) is 0 Å². The molecule has 0 aliphatic heterocycles. The highest BCUT2D eigenvalue weighted by Gasteiger charge is 2.41. The Morgan fingerprint density at radius 1 is 1.44 bits per heavy atom. The maximum Gasteiger partial charge on any atom is 0.141 e. The first-order valence-electron chi connectivity index (χ1n) is 5.67. The van der Waals surface area contributed by atoms with E-state index in [1.54, 1.807) is 0 Å². The highest BCUT2D eigenvalue weighted by molar-refractivity contribution is 9.10. The van der Waals surface area contributed by atoms with Crippen molar-refractivity contribution in [1.82, 2.24) is 0 Å². The van der Waals surface area contributed by atoms with Crippen molar-refractivity contribution in [2.24, 2.45) is 5.73 Å². The van der Waals surface area contributed by atoms with E-state index in [0.717, 1.165) is 36.0 Å². The number of hydrogen-bond acceptors (Lipinski definition) is 1. The van der Waals surface area contributed by atoms with Crippen LogP contribution in [0.3, 0.4) is 0 Å². The van der Waals surface area contributed by atoms with E-state index in [0.29, 0.717) is 11.0 Å². The van der Waals surface area contributed by atoms with Gasteiger partial charge in [0.05, 0.1) is 4.47 Å². The Hall–Kier alpha value is -0.410. The number of benzene rings is 1. The molecule has 0 spiro atoms. The Morgan fingerprint density at radius 3 is 2.50 bits per heavy atom. The molecule has 16 heavy (non-hydrogen) atoms. The fourth-order valence-electron chi connectivity index (χ4n) is 2.63. The summed E-state index contributed by atoms with van der Waals surface area (Å²) in [5, 5.41) is 0. The lowest BCUT2D eigenvalue weighted by Crippen LogP contribution is -2.43. The van der Waals surface area contributed by atoms with Gasteiger partial charge in [0.1, 0.15) is 5.82 Å². The van der Waals surface area contributed by atoms with Crippen molar-refractivity contribution < 1.29 is 4.39 Å². The van der Waals surface area contributed by atoms with Gasteiger partial charge in [-0.1, -0.05) is 6.42 Å². The zero-order valence-corrected chi connectivity index (χ0v) is 11.3. The Balaban J connectivity index is 2.63. The highest BCUT2D eigenvalue weighted by Crippen LogP contribution is 2.46. The van der Waals surface area contributed by atoms with Crippen LogP contribution in [0.1, 0.15) is 36.0 Å². The van der Waals surface area contributed by atoms with E-state index in [-0.39, 0.29) is 11.2 Å². The zero-order valence-electron chi connectivity index (χ0n) is 9.74. The molecule has 0 aromatic heterocycles. The molecule has 1 aliphatic rings. The second-order valence-corrected chi connectivity index (χ2v) is 5.68. The Labute approximate surface area is 104 Å². The van der Waals surface area contributed by atoms with Crippen LogP contribution in [0.15, 0.2) is 10.5 Å². The van der Waals surface area contributed by atoms with Crippen molar-refractivity contribution in [1.29, 1.82) is 0 Å². The molecular formula is C13H17BrFN. The van der Waals surface area contributed by atoms with Gasteiger partial charge in [0.2, 0.25) is 0 Å². The van der Waals surface area contributed by atoms with E-state index in [4.69, 9.17) is 5.73 Å². The van der Waals surface area contributed by atoms with Crippen LogP contribution in [0.4, 0.5) is 4.39 Å². The third-order valence-electron chi connectivity index (χ3n) is 3.97.